The summed E-state index contributed by atoms with van der Waals surface area (Å²) in [7, 11) is 0. The van der Waals surface area contributed by atoms with Crippen LogP contribution in [0, 0.1) is 3.57 Å². The third-order valence-electron chi connectivity index (χ3n) is 2.74. The van der Waals surface area contributed by atoms with E-state index >= 15 is 0 Å². The Morgan fingerprint density at radius 3 is 2.57 bits per heavy atom. The standard InChI is InChI=1S/C14H16IN3O2S/c1-14(2,3)18-12(9-6-4-5-7-10(9)15)16-17-13(18)21-8-11(19)20/h4-7H,8H2,1-3H3,(H,19,20). The van der Waals surface area contributed by atoms with Gasteiger partial charge in [0.1, 0.15) is 0 Å². The van der Waals surface area contributed by atoms with Gasteiger partial charge in [-0.1, -0.05) is 30.0 Å². The Morgan fingerprint density at radius 1 is 1.33 bits per heavy atom. The SMILES string of the molecule is CC(C)(C)n1c(SCC(=O)O)nnc1-c1ccccc1I. The van der Waals surface area contributed by atoms with Gasteiger partial charge in [0.25, 0.3) is 0 Å². The lowest BCUT2D eigenvalue weighted by Crippen LogP contribution is -2.24. The minimum atomic E-state index is -0.862. The number of halogens is 1. The zero-order valence-corrected chi connectivity index (χ0v) is 15.0. The maximum atomic E-state index is 10.8. The van der Waals surface area contributed by atoms with Crippen LogP contribution in [0.25, 0.3) is 11.4 Å². The Labute approximate surface area is 141 Å². The Balaban J connectivity index is 2.52. The van der Waals surface area contributed by atoms with Crippen molar-refractivity contribution in [3.8, 4) is 11.4 Å². The van der Waals surface area contributed by atoms with Crippen molar-refractivity contribution in [3.05, 3.63) is 27.8 Å². The second kappa shape index (κ2) is 6.35. The summed E-state index contributed by atoms with van der Waals surface area (Å²) in [5, 5.41) is 17.9. The van der Waals surface area contributed by atoms with Gasteiger partial charge in [0.2, 0.25) is 0 Å². The van der Waals surface area contributed by atoms with E-state index in [2.05, 4.69) is 53.6 Å². The van der Waals surface area contributed by atoms with Gasteiger partial charge in [-0.2, -0.15) is 0 Å². The molecule has 1 aromatic carbocycles. The van der Waals surface area contributed by atoms with E-state index in [4.69, 9.17) is 5.11 Å². The molecule has 0 saturated carbocycles. The number of aliphatic carboxylic acids is 1. The largest absolute Gasteiger partial charge is 0.481 e. The molecule has 7 heteroatoms. The number of carboxylic acids is 1. The van der Waals surface area contributed by atoms with Crippen LogP contribution in [-0.2, 0) is 10.3 Å². The minimum absolute atomic E-state index is 0.0277. The molecule has 0 aliphatic rings. The summed E-state index contributed by atoms with van der Waals surface area (Å²) in [5.74, 6) is -0.125. The molecule has 0 aliphatic heterocycles. The average Bonchev–Trinajstić information content (AvgIpc) is 2.80. The third-order valence-corrected chi connectivity index (χ3v) is 4.60. The second-order valence-electron chi connectivity index (χ2n) is 5.47. The lowest BCUT2D eigenvalue weighted by Gasteiger charge is -2.24. The summed E-state index contributed by atoms with van der Waals surface area (Å²) < 4.78 is 3.08. The molecule has 0 radical (unpaired) electrons. The summed E-state index contributed by atoms with van der Waals surface area (Å²) in [6.45, 7) is 6.17. The molecule has 0 unspecified atom stereocenters. The first kappa shape index (κ1) is 16.3. The van der Waals surface area contributed by atoms with Crippen LogP contribution < -0.4 is 0 Å². The van der Waals surface area contributed by atoms with Gasteiger partial charge >= 0.3 is 5.97 Å². The van der Waals surface area contributed by atoms with Crippen LogP contribution in [0.15, 0.2) is 29.4 Å². The fraction of sp³-hybridized carbons (Fsp3) is 0.357. The van der Waals surface area contributed by atoms with E-state index in [9.17, 15) is 4.79 Å². The maximum absolute atomic E-state index is 10.8. The highest BCUT2D eigenvalue weighted by Gasteiger charge is 2.25. The summed E-state index contributed by atoms with van der Waals surface area (Å²) in [5.41, 5.74) is 0.765. The van der Waals surface area contributed by atoms with Crippen LogP contribution in [0.3, 0.4) is 0 Å². The van der Waals surface area contributed by atoms with E-state index in [1.807, 2.05) is 28.8 Å². The molecule has 1 N–H and O–H groups in total. The fourth-order valence-electron chi connectivity index (χ4n) is 1.91. The molecule has 1 heterocycles. The monoisotopic (exact) mass is 417 g/mol. The van der Waals surface area contributed by atoms with Crippen LogP contribution in [0.4, 0.5) is 0 Å². The minimum Gasteiger partial charge on any atom is -0.481 e. The summed E-state index contributed by atoms with van der Waals surface area (Å²) >= 11 is 3.46. The van der Waals surface area contributed by atoms with E-state index in [-0.39, 0.29) is 11.3 Å². The molecule has 1 aromatic heterocycles. The summed E-state index contributed by atoms with van der Waals surface area (Å²) in [4.78, 5) is 10.8. The number of benzene rings is 1. The molecule has 0 amide bonds. The van der Waals surface area contributed by atoms with E-state index in [0.29, 0.717) is 5.16 Å². The van der Waals surface area contributed by atoms with Gasteiger partial charge in [0, 0.05) is 14.7 Å². The smallest absolute Gasteiger partial charge is 0.313 e. The predicted octanol–water partition coefficient (Wildman–Crippen LogP) is 3.48. The molecule has 5 nitrogen and oxygen atoms in total. The Bertz CT molecular complexity index is 664. The normalized spacial score (nSPS) is 11.6. The van der Waals surface area contributed by atoms with Crippen molar-refractivity contribution in [2.24, 2.45) is 0 Å². The highest BCUT2D eigenvalue weighted by molar-refractivity contribution is 14.1. The number of thioether (sulfide) groups is 1. The molecule has 0 saturated heterocycles. The number of nitrogens with zero attached hydrogens (tertiary/aromatic N) is 3. The zero-order valence-electron chi connectivity index (χ0n) is 12.0. The van der Waals surface area contributed by atoms with E-state index < -0.39 is 5.97 Å². The summed E-state index contributed by atoms with van der Waals surface area (Å²) in [6.07, 6.45) is 0. The first-order valence-corrected chi connectivity index (χ1v) is 8.42. The Morgan fingerprint density at radius 2 is 2.00 bits per heavy atom. The second-order valence-corrected chi connectivity index (χ2v) is 7.58. The number of rotatable bonds is 4. The first-order chi connectivity index (χ1) is 9.80. The number of carboxylic acid groups (broad SMARTS) is 1. The van der Waals surface area contributed by atoms with Crippen molar-refractivity contribution >= 4 is 40.3 Å². The fourth-order valence-corrected chi connectivity index (χ4v) is 3.38. The Kier molecular flexibility index (Phi) is 4.92. The average molecular weight is 417 g/mol. The van der Waals surface area contributed by atoms with Gasteiger partial charge < -0.3 is 5.11 Å². The molecular formula is C14H16IN3O2S. The number of hydrogen-bond donors (Lipinski definition) is 1. The molecule has 0 bridgehead atoms. The first-order valence-electron chi connectivity index (χ1n) is 6.36. The summed E-state index contributed by atoms with van der Waals surface area (Å²) in [6, 6.07) is 7.95. The van der Waals surface area contributed by atoms with Crippen LogP contribution in [0.1, 0.15) is 20.8 Å². The van der Waals surface area contributed by atoms with Crippen molar-refractivity contribution in [2.75, 3.05) is 5.75 Å². The molecule has 112 valence electrons. The van der Waals surface area contributed by atoms with Crippen molar-refractivity contribution in [3.63, 3.8) is 0 Å². The molecule has 0 atom stereocenters. The molecule has 2 rings (SSSR count). The van der Waals surface area contributed by atoms with E-state index in [0.717, 1.165) is 15.0 Å². The zero-order chi connectivity index (χ0) is 15.6. The molecule has 0 spiro atoms. The molecular weight excluding hydrogens is 401 g/mol. The molecule has 21 heavy (non-hydrogen) atoms. The van der Waals surface area contributed by atoms with Crippen molar-refractivity contribution in [1.82, 2.24) is 14.8 Å². The predicted molar refractivity (Wildman–Crippen MR) is 91.5 cm³/mol. The third kappa shape index (κ3) is 3.76. The van der Waals surface area contributed by atoms with Crippen molar-refractivity contribution in [1.29, 1.82) is 0 Å². The van der Waals surface area contributed by atoms with Crippen LogP contribution >= 0.6 is 34.4 Å². The van der Waals surface area contributed by atoms with Gasteiger partial charge in [-0.15, -0.1) is 10.2 Å². The highest BCUT2D eigenvalue weighted by Crippen LogP contribution is 2.32. The number of hydrogen-bond acceptors (Lipinski definition) is 4. The maximum Gasteiger partial charge on any atom is 0.313 e. The topological polar surface area (TPSA) is 68.0 Å². The van der Waals surface area contributed by atoms with Crippen molar-refractivity contribution < 1.29 is 9.90 Å². The van der Waals surface area contributed by atoms with Gasteiger partial charge in [0.15, 0.2) is 11.0 Å². The van der Waals surface area contributed by atoms with Gasteiger partial charge in [-0.25, -0.2) is 0 Å². The van der Waals surface area contributed by atoms with Crippen LogP contribution in [0.2, 0.25) is 0 Å². The highest BCUT2D eigenvalue weighted by atomic mass is 127. The van der Waals surface area contributed by atoms with Crippen molar-refractivity contribution in [2.45, 2.75) is 31.5 Å². The molecule has 2 aromatic rings. The van der Waals surface area contributed by atoms with Gasteiger partial charge in [-0.05, 0) is 49.4 Å². The lowest BCUT2D eigenvalue weighted by atomic mass is 10.1. The quantitative estimate of drug-likeness (QED) is 0.610. The van der Waals surface area contributed by atoms with Gasteiger partial charge in [0.05, 0.1) is 5.75 Å². The van der Waals surface area contributed by atoms with E-state index in [1.54, 1.807) is 0 Å². The van der Waals surface area contributed by atoms with Gasteiger partial charge in [-0.3, -0.25) is 9.36 Å². The number of aromatic nitrogens is 3. The Hall–Kier alpha value is -1.09. The van der Waals surface area contributed by atoms with Crippen LogP contribution in [0.5, 0.6) is 0 Å². The van der Waals surface area contributed by atoms with E-state index in [1.165, 1.54) is 11.8 Å². The molecule has 0 fully saturated rings. The number of carbonyl (C=O) groups is 1. The lowest BCUT2D eigenvalue weighted by molar-refractivity contribution is -0.133. The van der Waals surface area contributed by atoms with Crippen LogP contribution in [-0.4, -0.2) is 31.6 Å². The molecule has 0 aliphatic carbocycles.